The smallest absolute Gasteiger partial charge is 0.162 e. The van der Waals surface area contributed by atoms with Crippen LogP contribution in [0.1, 0.15) is 0 Å². The van der Waals surface area contributed by atoms with Gasteiger partial charge in [-0.3, -0.25) is 4.68 Å². The average molecular weight is 266 g/mol. The van der Waals surface area contributed by atoms with Crippen LogP contribution in [-0.2, 0) is 7.05 Å². The minimum absolute atomic E-state index is 0.538. The molecule has 2 heterocycles. The number of fused-ring (bicyclic) bond motifs is 1. The van der Waals surface area contributed by atoms with E-state index in [0.717, 1.165) is 11.1 Å². The first-order chi connectivity index (χ1) is 8.66. The molecule has 0 bridgehead atoms. The van der Waals surface area contributed by atoms with Crippen molar-refractivity contribution in [2.24, 2.45) is 7.05 Å². The Morgan fingerprint density at radius 3 is 2.50 bits per heavy atom. The summed E-state index contributed by atoms with van der Waals surface area (Å²) < 4.78 is 12.6. The highest BCUT2D eigenvalue weighted by Gasteiger charge is 2.18. The number of nitrogens with zero attached hydrogens (tertiary/aromatic N) is 2. The van der Waals surface area contributed by atoms with Crippen LogP contribution in [0.3, 0.4) is 0 Å². The lowest BCUT2D eigenvalue weighted by Crippen LogP contribution is -2.15. The van der Waals surface area contributed by atoms with Gasteiger partial charge >= 0.3 is 0 Å². The molecular formula is C12H12ClN3O2. The Bertz CT molecular complexity index is 610. The Balaban J connectivity index is 2.15. The molecule has 6 heteroatoms. The Kier molecular flexibility index (Phi) is 2.56. The predicted octanol–water partition coefficient (Wildman–Crippen LogP) is 2.09. The van der Waals surface area contributed by atoms with Gasteiger partial charge in [-0.15, -0.1) is 0 Å². The van der Waals surface area contributed by atoms with E-state index in [0.29, 0.717) is 35.6 Å². The molecule has 0 amide bonds. The second kappa shape index (κ2) is 4.10. The topological polar surface area (TPSA) is 62.3 Å². The Morgan fingerprint density at radius 2 is 1.89 bits per heavy atom. The van der Waals surface area contributed by atoms with Gasteiger partial charge in [0.15, 0.2) is 11.5 Å². The minimum atomic E-state index is 0.538. The summed E-state index contributed by atoms with van der Waals surface area (Å²) in [6.07, 6.45) is 1.69. The summed E-state index contributed by atoms with van der Waals surface area (Å²) in [5.74, 6) is 1.91. The number of ether oxygens (including phenoxy) is 2. The van der Waals surface area contributed by atoms with Crippen LogP contribution in [0.2, 0.25) is 5.02 Å². The molecule has 1 aromatic carbocycles. The lowest BCUT2D eigenvalue weighted by molar-refractivity contribution is 0.171. The summed E-state index contributed by atoms with van der Waals surface area (Å²) in [6, 6.07) is 3.59. The lowest BCUT2D eigenvalue weighted by Gasteiger charge is -2.19. The maximum atomic E-state index is 6.25. The number of rotatable bonds is 1. The van der Waals surface area contributed by atoms with Crippen molar-refractivity contribution in [1.82, 2.24) is 9.78 Å². The zero-order valence-corrected chi connectivity index (χ0v) is 10.6. The molecule has 0 saturated heterocycles. The highest BCUT2D eigenvalue weighted by atomic mass is 35.5. The molecule has 0 aliphatic carbocycles. The lowest BCUT2D eigenvalue weighted by atomic mass is 10.1. The molecule has 18 heavy (non-hydrogen) atoms. The van der Waals surface area contributed by atoms with Gasteiger partial charge in [0.1, 0.15) is 19.0 Å². The van der Waals surface area contributed by atoms with E-state index < -0.39 is 0 Å². The summed E-state index contributed by atoms with van der Waals surface area (Å²) in [4.78, 5) is 0. The van der Waals surface area contributed by atoms with Crippen LogP contribution in [0.5, 0.6) is 11.5 Å². The third-order valence-corrected chi connectivity index (χ3v) is 3.22. The van der Waals surface area contributed by atoms with Gasteiger partial charge < -0.3 is 15.2 Å². The van der Waals surface area contributed by atoms with Gasteiger partial charge in [0.05, 0.1) is 11.2 Å². The Morgan fingerprint density at radius 1 is 1.22 bits per heavy atom. The number of hydrogen-bond acceptors (Lipinski definition) is 4. The van der Waals surface area contributed by atoms with Gasteiger partial charge in [-0.1, -0.05) is 11.6 Å². The molecule has 3 rings (SSSR count). The number of nitrogens with two attached hydrogens (primary N) is 1. The zero-order valence-electron chi connectivity index (χ0n) is 9.81. The zero-order chi connectivity index (χ0) is 12.7. The van der Waals surface area contributed by atoms with Gasteiger partial charge in [-0.05, 0) is 6.07 Å². The van der Waals surface area contributed by atoms with Crippen LogP contribution < -0.4 is 15.2 Å². The van der Waals surface area contributed by atoms with E-state index in [1.54, 1.807) is 24.0 Å². The van der Waals surface area contributed by atoms with E-state index in [4.69, 9.17) is 26.8 Å². The summed E-state index contributed by atoms with van der Waals surface area (Å²) in [5, 5.41) is 4.68. The van der Waals surface area contributed by atoms with Gasteiger partial charge in [-0.25, -0.2) is 0 Å². The van der Waals surface area contributed by atoms with E-state index >= 15 is 0 Å². The number of aryl methyl sites for hydroxylation is 1. The normalized spacial score (nSPS) is 13.7. The van der Waals surface area contributed by atoms with E-state index in [1.165, 1.54) is 0 Å². The molecule has 0 atom stereocenters. The third kappa shape index (κ3) is 1.67. The number of anilines is 1. The first-order valence-corrected chi connectivity index (χ1v) is 5.91. The van der Waals surface area contributed by atoms with Crippen LogP contribution >= 0.6 is 11.6 Å². The third-order valence-electron chi connectivity index (χ3n) is 2.91. The van der Waals surface area contributed by atoms with E-state index in [9.17, 15) is 0 Å². The summed E-state index contributed by atoms with van der Waals surface area (Å²) in [6.45, 7) is 1.08. The SMILES string of the molecule is Cn1ncc(-c2cc3c(cc2Cl)OCCO3)c1N. The quantitative estimate of drug-likeness (QED) is 0.858. The number of benzene rings is 1. The second-order valence-corrected chi connectivity index (χ2v) is 4.45. The molecule has 1 aromatic heterocycles. The standard InChI is InChI=1S/C12H12ClN3O2/c1-16-12(14)8(6-15-16)7-4-10-11(5-9(7)13)18-3-2-17-10/h4-6H,2-3,14H2,1H3. The van der Waals surface area contributed by atoms with Crippen molar-refractivity contribution < 1.29 is 9.47 Å². The molecule has 0 radical (unpaired) electrons. The van der Waals surface area contributed by atoms with Crippen molar-refractivity contribution in [3.05, 3.63) is 23.4 Å². The summed E-state index contributed by atoms with van der Waals surface area (Å²) in [7, 11) is 1.78. The van der Waals surface area contributed by atoms with Crippen molar-refractivity contribution in [2.45, 2.75) is 0 Å². The largest absolute Gasteiger partial charge is 0.486 e. The Labute approximate surface area is 109 Å². The average Bonchev–Trinajstić information content (AvgIpc) is 2.69. The molecule has 0 unspecified atom stereocenters. The van der Waals surface area contributed by atoms with Gasteiger partial charge in [0.2, 0.25) is 0 Å². The minimum Gasteiger partial charge on any atom is -0.486 e. The van der Waals surface area contributed by atoms with Crippen molar-refractivity contribution in [2.75, 3.05) is 18.9 Å². The maximum Gasteiger partial charge on any atom is 0.162 e. The van der Waals surface area contributed by atoms with Crippen LogP contribution in [-0.4, -0.2) is 23.0 Å². The summed E-state index contributed by atoms with van der Waals surface area (Å²) >= 11 is 6.25. The molecule has 2 N–H and O–H groups in total. The van der Waals surface area contributed by atoms with Crippen molar-refractivity contribution in [3.63, 3.8) is 0 Å². The highest BCUT2D eigenvalue weighted by Crippen LogP contribution is 2.41. The van der Waals surface area contributed by atoms with Gasteiger partial charge in [0.25, 0.3) is 0 Å². The number of hydrogen-bond donors (Lipinski definition) is 1. The van der Waals surface area contributed by atoms with E-state index in [2.05, 4.69) is 5.10 Å². The number of aromatic nitrogens is 2. The fourth-order valence-corrected chi connectivity index (χ4v) is 2.18. The monoisotopic (exact) mass is 265 g/mol. The molecule has 2 aromatic rings. The van der Waals surface area contributed by atoms with Crippen molar-refractivity contribution >= 4 is 17.4 Å². The molecule has 1 aliphatic heterocycles. The molecule has 94 valence electrons. The van der Waals surface area contributed by atoms with Crippen LogP contribution in [0.25, 0.3) is 11.1 Å². The first kappa shape index (κ1) is 11.2. The first-order valence-electron chi connectivity index (χ1n) is 5.54. The molecule has 0 fully saturated rings. The number of nitrogen functional groups attached to an aromatic ring is 1. The second-order valence-electron chi connectivity index (χ2n) is 4.04. The molecule has 0 spiro atoms. The Hall–Kier alpha value is -1.88. The van der Waals surface area contributed by atoms with Crippen molar-refractivity contribution in [1.29, 1.82) is 0 Å². The van der Waals surface area contributed by atoms with E-state index in [1.807, 2.05) is 6.07 Å². The van der Waals surface area contributed by atoms with Crippen molar-refractivity contribution in [3.8, 4) is 22.6 Å². The van der Waals surface area contributed by atoms with Gasteiger partial charge in [0, 0.05) is 24.2 Å². The van der Waals surface area contributed by atoms with Crippen LogP contribution in [0, 0.1) is 0 Å². The van der Waals surface area contributed by atoms with Gasteiger partial charge in [-0.2, -0.15) is 5.10 Å². The molecule has 0 saturated carbocycles. The van der Waals surface area contributed by atoms with E-state index in [-0.39, 0.29) is 0 Å². The molecule has 5 nitrogen and oxygen atoms in total. The molecule has 1 aliphatic rings. The fraction of sp³-hybridized carbons (Fsp3) is 0.250. The maximum absolute atomic E-state index is 6.25. The summed E-state index contributed by atoms with van der Waals surface area (Å²) in [5.41, 5.74) is 7.54. The molecular weight excluding hydrogens is 254 g/mol. The fourth-order valence-electron chi connectivity index (χ4n) is 1.92. The van der Waals surface area contributed by atoms with Crippen LogP contribution in [0.15, 0.2) is 18.3 Å². The van der Waals surface area contributed by atoms with Crippen LogP contribution in [0.4, 0.5) is 5.82 Å². The number of halogens is 1. The highest BCUT2D eigenvalue weighted by molar-refractivity contribution is 6.33. The predicted molar refractivity (Wildman–Crippen MR) is 69.1 cm³/mol.